The molecule has 33 heavy (non-hydrogen) atoms. The lowest BCUT2D eigenvalue weighted by atomic mass is 10.1. The van der Waals surface area contributed by atoms with Gasteiger partial charge < -0.3 is 4.57 Å². The van der Waals surface area contributed by atoms with Crippen LogP contribution >= 0.6 is 0 Å². The van der Waals surface area contributed by atoms with Crippen LogP contribution < -0.4 is 5.01 Å². The Bertz CT molecular complexity index is 1610. The van der Waals surface area contributed by atoms with Gasteiger partial charge in [0, 0.05) is 28.4 Å². The molecule has 6 nitrogen and oxygen atoms in total. The number of rotatable bonds is 5. The molecule has 0 amide bonds. The van der Waals surface area contributed by atoms with Crippen molar-refractivity contribution in [3.8, 4) is 0 Å². The summed E-state index contributed by atoms with van der Waals surface area (Å²) in [6, 6.07) is 31.2. The number of aryl methyl sites for hydroxylation is 1. The maximum Gasteiger partial charge on any atom is 0.115 e. The summed E-state index contributed by atoms with van der Waals surface area (Å²) in [7, 11) is 0. The fourth-order valence-corrected chi connectivity index (χ4v) is 4.43. The van der Waals surface area contributed by atoms with Gasteiger partial charge >= 0.3 is 0 Å². The SMILES string of the molecule is CCn1c2ccccc2c2cc(C=NN(c3ccccc3)c3ccc4n[nH]nc4c3)ccc21. The fourth-order valence-electron chi connectivity index (χ4n) is 4.43. The monoisotopic (exact) mass is 430 g/mol. The Morgan fingerprint density at radius 2 is 1.58 bits per heavy atom. The Hall–Kier alpha value is -4.45. The molecule has 6 aromatic rings. The first-order valence-corrected chi connectivity index (χ1v) is 11.0. The zero-order valence-electron chi connectivity index (χ0n) is 18.2. The summed E-state index contributed by atoms with van der Waals surface area (Å²) in [6.07, 6.45) is 1.91. The van der Waals surface area contributed by atoms with Crippen molar-refractivity contribution in [1.29, 1.82) is 0 Å². The number of fused-ring (bicyclic) bond motifs is 4. The number of hydrazone groups is 1. The van der Waals surface area contributed by atoms with Crippen molar-refractivity contribution in [3.05, 3.63) is 96.6 Å². The van der Waals surface area contributed by atoms with Gasteiger partial charge in [-0.1, -0.05) is 42.5 Å². The molecule has 0 aliphatic rings. The summed E-state index contributed by atoms with van der Waals surface area (Å²) < 4.78 is 2.36. The van der Waals surface area contributed by atoms with Crippen LogP contribution in [0.2, 0.25) is 0 Å². The molecule has 0 aliphatic carbocycles. The largest absolute Gasteiger partial charge is 0.341 e. The smallest absolute Gasteiger partial charge is 0.115 e. The highest BCUT2D eigenvalue weighted by Gasteiger charge is 2.11. The highest BCUT2D eigenvalue weighted by molar-refractivity contribution is 6.09. The molecule has 4 aromatic carbocycles. The number of hydrogen-bond acceptors (Lipinski definition) is 4. The molecule has 0 radical (unpaired) electrons. The predicted molar refractivity (Wildman–Crippen MR) is 135 cm³/mol. The molecule has 2 aromatic heterocycles. The first-order chi connectivity index (χ1) is 16.3. The maximum absolute atomic E-state index is 4.88. The summed E-state index contributed by atoms with van der Waals surface area (Å²) >= 11 is 0. The van der Waals surface area contributed by atoms with Gasteiger partial charge in [0.15, 0.2) is 0 Å². The third-order valence-corrected chi connectivity index (χ3v) is 5.98. The van der Waals surface area contributed by atoms with Crippen molar-refractivity contribution in [2.75, 3.05) is 5.01 Å². The third-order valence-electron chi connectivity index (χ3n) is 5.98. The number of benzene rings is 4. The minimum atomic E-state index is 0.803. The summed E-state index contributed by atoms with van der Waals surface area (Å²) in [5.41, 5.74) is 7.07. The number of hydrogen-bond donors (Lipinski definition) is 1. The first-order valence-electron chi connectivity index (χ1n) is 11.0. The highest BCUT2D eigenvalue weighted by atomic mass is 15.5. The molecule has 0 fully saturated rings. The quantitative estimate of drug-likeness (QED) is 0.259. The topological polar surface area (TPSA) is 62.1 Å². The van der Waals surface area contributed by atoms with E-state index < -0.39 is 0 Å². The van der Waals surface area contributed by atoms with Crippen LogP contribution in [0, 0.1) is 0 Å². The van der Waals surface area contributed by atoms with Crippen molar-refractivity contribution < 1.29 is 0 Å². The van der Waals surface area contributed by atoms with Crippen LogP contribution in [0.25, 0.3) is 32.8 Å². The molecule has 0 saturated carbocycles. The van der Waals surface area contributed by atoms with E-state index in [9.17, 15) is 0 Å². The normalized spacial score (nSPS) is 11.8. The van der Waals surface area contributed by atoms with Gasteiger partial charge in [-0.2, -0.15) is 20.5 Å². The van der Waals surface area contributed by atoms with Gasteiger partial charge in [0.05, 0.1) is 17.6 Å². The number of para-hydroxylation sites is 2. The van der Waals surface area contributed by atoms with E-state index in [1.54, 1.807) is 0 Å². The fraction of sp³-hybridized carbons (Fsp3) is 0.0741. The van der Waals surface area contributed by atoms with Crippen LogP contribution in [-0.4, -0.2) is 26.2 Å². The molecule has 0 unspecified atom stereocenters. The van der Waals surface area contributed by atoms with E-state index in [1.807, 2.05) is 59.8 Å². The average molecular weight is 431 g/mol. The van der Waals surface area contributed by atoms with Crippen molar-refractivity contribution in [2.24, 2.45) is 5.10 Å². The predicted octanol–water partition coefficient (Wildman–Crippen LogP) is 6.26. The van der Waals surface area contributed by atoms with Gasteiger partial charge in [-0.3, -0.25) is 0 Å². The van der Waals surface area contributed by atoms with Gasteiger partial charge in [-0.15, -0.1) is 0 Å². The highest BCUT2D eigenvalue weighted by Crippen LogP contribution is 2.30. The first kappa shape index (κ1) is 19.3. The van der Waals surface area contributed by atoms with Crippen molar-refractivity contribution in [3.63, 3.8) is 0 Å². The van der Waals surface area contributed by atoms with Crippen LogP contribution in [-0.2, 0) is 6.54 Å². The number of nitrogens with zero attached hydrogens (tertiary/aromatic N) is 5. The molecule has 0 saturated heterocycles. The molecule has 0 aliphatic heterocycles. The molecular weight excluding hydrogens is 408 g/mol. The molecule has 6 heteroatoms. The summed E-state index contributed by atoms with van der Waals surface area (Å²) in [4.78, 5) is 0. The second-order valence-electron chi connectivity index (χ2n) is 7.93. The molecule has 6 rings (SSSR count). The van der Waals surface area contributed by atoms with E-state index in [2.05, 4.69) is 69.4 Å². The number of aromatic amines is 1. The molecule has 0 atom stereocenters. The van der Waals surface area contributed by atoms with E-state index in [4.69, 9.17) is 5.10 Å². The number of aromatic nitrogens is 4. The minimum Gasteiger partial charge on any atom is -0.341 e. The zero-order chi connectivity index (χ0) is 22.2. The van der Waals surface area contributed by atoms with E-state index in [0.29, 0.717) is 0 Å². The van der Waals surface area contributed by atoms with Gasteiger partial charge in [0.25, 0.3) is 0 Å². The number of H-pyrrole nitrogens is 1. The number of nitrogens with one attached hydrogen (secondary N) is 1. The Morgan fingerprint density at radius 1 is 0.788 bits per heavy atom. The van der Waals surface area contributed by atoms with E-state index in [1.165, 1.54) is 21.8 Å². The van der Waals surface area contributed by atoms with Gasteiger partial charge in [-0.25, -0.2) is 5.01 Å². The Morgan fingerprint density at radius 3 is 2.45 bits per heavy atom. The standard InChI is InChI=1S/C27H22N6/c1-2-32-26-11-7-6-10-22(26)23-16-19(12-15-27(23)32)18-28-33(20-8-4-3-5-9-20)21-13-14-24-25(17-21)30-31-29-24/h3-18H,2H2,1H3,(H,29,30,31). The molecular formula is C27H22N6. The molecule has 160 valence electrons. The lowest BCUT2D eigenvalue weighted by Gasteiger charge is -2.19. The minimum absolute atomic E-state index is 0.803. The Balaban J connectivity index is 1.45. The average Bonchev–Trinajstić information content (AvgIpc) is 3.46. The van der Waals surface area contributed by atoms with E-state index in [-0.39, 0.29) is 0 Å². The summed E-state index contributed by atoms with van der Waals surface area (Å²) in [5, 5.41) is 20.4. The van der Waals surface area contributed by atoms with Gasteiger partial charge in [-0.05, 0) is 61.0 Å². The van der Waals surface area contributed by atoms with Crippen molar-refractivity contribution in [1.82, 2.24) is 20.0 Å². The van der Waals surface area contributed by atoms with E-state index in [0.717, 1.165) is 34.5 Å². The molecule has 2 heterocycles. The third kappa shape index (κ3) is 3.32. The zero-order valence-corrected chi connectivity index (χ0v) is 18.2. The Labute approximate surface area is 190 Å². The van der Waals surface area contributed by atoms with E-state index >= 15 is 0 Å². The lowest BCUT2D eigenvalue weighted by molar-refractivity contribution is 0.827. The lowest BCUT2D eigenvalue weighted by Crippen LogP contribution is -2.09. The van der Waals surface area contributed by atoms with Crippen LogP contribution in [0.3, 0.4) is 0 Å². The maximum atomic E-state index is 4.88. The number of anilines is 2. The molecule has 1 N–H and O–H groups in total. The van der Waals surface area contributed by atoms with Crippen LogP contribution in [0.1, 0.15) is 12.5 Å². The molecule has 0 bridgehead atoms. The van der Waals surface area contributed by atoms with Gasteiger partial charge in [0.1, 0.15) is 11.0 Å². The summed E-state index contributed by atoms with van der Waals surface area (Å²) in [5.74, 6) is 0. The summed E-state index contributed by atoms with van der Waals surface area (Å²) in [6.45, 7) is 3.12. The van der Waals surface area contributed by atoms with Crippen LogP contribution in [0.4, 0.5) is 11.4 Å². The second-order valence-corrected chi connectivity index (χ2v) is 7.93. The van der Waals surface area contributed by atoms with Crippen molar-refractivity contribution in [2.45, 2.75) is 13.5 Å². The second kappa shape index (κ2) is 7.91. The van der Waals surface area contributed by atoms with Crippen LogP contribution in [0.5, 0.6) is 0 Å². The van der Waals surface area contributed by atoms with Crippen LogP contribution in [0.15, 0.2) is 96.1 Å². The Kier molecular flexibility index (Phi) is 4.61. The molecule has 0 spiro atoms. The van der Waals surface area contributed by atoms with Crippen molar-refractivity contribution >= 4 is 50.4 Å². The van der Waals surface area contributed by atoms with Gasteiger partial charge in [0.2, 0.25) is 0 Å².